The van der Waals surface area contributed by atoms with Gasteiger partial charge in [-0.15, -0.1) is 0 Å². The fourth-order valence-electron chi connectivity index (χ4n) is 3.73. The van der Waals surface area contributed by atoms with Crippen molar-refractivity contribution in [3.8, 4) is 11.5 Å². The number of benzene rings is 3. The molecule has 8 heteroatoms. The zero-order chi connectivity index (χ0) is 24.9. The lowest BCUT2D eigenvalue weighted by atomic mass is 10.1. The number of carbonyl (C=O) groups excluding carboxylic acids is 3. The fraction of sp³-hybridized carbons (Fsp3) is 0.222. The Morgan fingerprint density at radius 3 is 2.51 bits per heavy atom. The predicted octanol–water partition coefficient (Wildman–Crippen LogP) is 5.42. The van der Waals surface area contributed by atoms with Crippen molar-refractivity contribution in [2.75, 3.05) is 13.7 Å². The van der Waals surface area contributed by atoms with E-state index in [1.54, 1.807) is 24.3 Å². The van der Waals surface area contributed by atoms with Crippen LogP contribution in [0.3, 0.4) is 0 Å². The van der Waals surface area contributed by atoms with Gasteiger partial charge in [-0.2, -0.15) is 0 Å². The molecule has 7 nitrogen and oxygen atoms in total. The molecule has 0 saturated carbocycles. The van der Waals surface area contributed by atoms with Gasteiger partial charge in [-0.25, -0.2) is 4.79 Å². The van der Waals surface area contributed by atoms with Crippen LogP contribution < -0.4 is 9.47 Å². The summed E-state index contributed by atoms with van der Waals surface area (Å²) in [5.41, 5.74) is 1.70. The molecule has 0 unspecified atom stereocenters. The number of thioether (sulfide) groups is 1. The molecule has 35 heavy (non-hydrogen) atoms. The number of hydrogen-bond donors (Lipinski definition) is 0. The van der Waals surface area contributed by atoms with Crippen molar-refractivity contribution in [3.05, 3.63) is 76.7 Å². The first-order chi connectivity index (χ1) is 16.9. The van der Waals surface area contributed by atoms with E-state index in [0.29, 0.717) is 30.3 Å². The number of nitrogens with zero attached hydrogens (tertiary/aromatic N) is 1. The van der Waals surface area contributed by atoms with Gasteiger partial charge >= 0.3 is 5.97 Å². The van der Waals surface area contributed by atoms with E-state index in [2.05, 4.69) is 29.0 Å². The van der Waals surface area contributed by atoms with Crippen LogP contribution in [-0.4, -0.2) is 41.8 Å². The molecule has 4 rings (SSSR count). The highest BCUT2D eigenvalue weighted by Crippen LogP contribution is 2.36. The van der Waals surface area contributed by atoms with Crippen LogP contribution in [0.1, 0.15) is 25.0 Å². The molecule has 0 spiro atoms. The van der Waals surface area contributed by atoms with Gasteiger partial charge in [0.15, 0.2) is 11.5 Å². The van der Waals surface area contributed by atoms with Gasteiger partial charge in [0.1, 0.15) is 12.6 Å². The van der Waals surface area contributed by atoms with Crippen LogP contribution >= 0.6 is 11.8 Å². The van der Waals surface area contributed by atoms with Crippen molar-refractivity contribution in [2.45, 2.75) is 26.5 Å². The molecule has 0 bridgehead atoms. The zero-order valence-electron chi connectivity index (χ0n) is 19.6. The Bertz CT molecular complexity index is 1320. The molecule has 1 atom stereocenters. The first-order valence-corrected chi connectivity index (χ1v) is 11.9. The van der Waals surface area contributed by atoms with Crippen LogP contribution in [0.4, 0.5) is 4.79 Å². The Balaban J connectivity index is 1.52. The Kier molecular flexibility index (Phi) is 7.41. The number of rotatable bonds is 8. The number of methoxy groups -OCH3 is 1. The van der Waals surface area contributed by atoms with Gasteiger partial charge in [-0.05, 0) is 71.8 Å². The molecule has 2 amide bonds. The van der Waals surface area contributed by atoms with Crippen LogP contribution in [0.25, 0.3) is 16.8 Å². The van der Waals surface area contributed by atoms with Crippen molar-refractivity contribution in [2.24, 2.45) is 0 Å². The quantitative estimate of drug-likeness (QED) is 0.308. The maximum Gasteiger partial charge on any atom is 0.328 e. The molecule has 3 aromatic carbocycles. The van der Waals surface area contributed by atoms with E-state index in [0.717, 1.165) is 27.6 Å². The summed E-state index contributed by atoms with van der Waals surface area (Å²) in [6.45, 7) is 4.14. The zero-order valence-corrected chi connectivity index (χ0v) is 20.5. The lowest BCUT2D eigenvalue weighted by molar-refractivity contribution is -0.148. The first-order valence-electron chi connectivity index (χ1n) is 11.1. The minimum atomic E-state index is -0.997. The summed E-state index contributed by atoms with van der Waals surface area (Å²) in [4.78, 5) is 38.1. The average molecular weight is 492 g/mol. The molecule has 1 aliphatic rings. The summed E-state index contributed by atoms with van der Waals surface area (Å²) >= 11 is 0.783. The van der Waals surface area contributed by atoms with Crippen molar-refractivity contribution >= 4 is 45.7 Å². The molecule has 0 N–H and O–H groups in total. The predicted molar refractivity (Wildman–Crippen MR) is 135 cm³/mol. The monoisotopic (exact) mass is 491 g/mol. The van der Waals surface area contributed by atoms with Crippen LogP contribution in [-0.2, 0) is 20.9 Å². The molecule has 1 aliphatic heterocycles. The van der Waals surface area contributed by atoms with E-state index in [1.807, 2.05) is 25.1 Å². The maximum absolute atomic E-state index is 12.8. The number of hydrogen-bond acceptors (Lipinski definition) is 7. The van der Waals surface area contributed by atoms with Gasteiger partial charge < -0.3 is 14.2 Å². The molecule has 3 aromatic rings. The normalized spacial score (nSPS) is 15.5. The van der Waals surface area contributed by atoms with Crippen LogP contribution in [0.15, 0.2) is 65.6 Å². The minimum Gasteiger partial charge on any atom is -0.490 e. The van der Waals surface area contributed by atoms with Crippen LogP contribution in [0, 0.1) is 0 Å². The lowest BCUT2D eigenvalue weighted by Crippen LogP contribution is -2.42. The summed E-state index contributed by atoms with van der Waals surface area (Å²) in [7, 11) is 1.21. The minimum absolute atomic E-state index is 0.220. The third-order valence-corrected chi connectivity index (χ3v) is 6.41. The van der Waals surface area contributed by atoms with E-state index in [1.165, 1.54) is 19.4 Å². The summed E-state index contributed by atoms with van der Waals surface area (Å²) in [6, 6.07) is 18.7. The maximum atomic E-state index is 12.8. The van der Waals surface area contributed by atoms with Gasteiger partial charge in [-0.1, -0.05) is 42.5 Å². The van der Waals surface area contributed by atoms with Gasteiger partial charge in [-0.3, -0.25) is 14.5 Å². The summed E-state index contributed by atoms with van der Waals surface area (Å²) < 4.78 is 16.5. The standard InChI is InChI=1S/C27H25NO6S/c1-4-33-23-14-18(15-24-25(29)28(27(31)35-24)17(2)26(30)32-3)10-12-22(23)34-16-19-9-11-20-7-5-6-8-21(20)13-19/h5-15,17H,4,16H2,1-3H3/b24-15+/t17-/m1/s1. The topological polar surface area (TPSA) is 82.1 Å². The molecule has 180 valence electrons. The number of ether oxygens (including phenoxy) is 3. The molecule has 1 heterocycles. The van der Waals surface area contributed by atoms with E-state index in [4.69, 9.17) is 9.47 Å². The molecule has 1 saturated heterocycles. The third-order valence-electron chi connectivity index (χ3n) is 5.53. The van der Waals surface area contributed by atoms with Gasteiger partial charge in [0.05, 0.1) is 18.6 Å². The van der Waals surface area contributed by atoms with E-state index >= 15 is 0 Å². The number of fused-ring (bicyclic) bond motifs is 1. The fourth-order valence-corrected chi connectivity index (χ4v) is 4.64. The van der Waals surface area contributed by atoms with Gasteiger partial charge in [0.2, 0.25) is 0 Å². The molecular weight excluding hydrogens is 466 g/mol. The van der Waals surface area contributed by atoms with Crippen molar-refractivity contribution in [3.63, 3.8) is 0 Å². The second kappa shape index (κ2) is 10.7. The second-order valence-electron chi connectivity index (χ2n) is 7.86. The number of carbonyl (C=O) groups is 3. The van der Waals surface area contributed by atoms with E-state index in [-0.39, 0.29) is 4.91 Å². The highest BCUT2D eigenvalue weighted by Gasteiger charge is 2.41. The highest BCUT2D eigenvalue weighted by molar-refractivity contribution is 8.18. The van der Waals surface area contributed by atoms with E-state index < -0.39 is 23.2 Å². The summed E-state index contributed by atoms with van der Waals surface area (Å²) in [5.74, 6) is -0.0821. The molecule has 0 radical (unpaired) electrons. The van der Waals surface area contributed by atoms with Crippen LogP contribution in [0.2, 0.25) is 0 Å². The lowest BCUT2D eigenvalue weighted by Gasteiger charge is -2.18. The summed E-state index contributed by atoms with van der Waals surface area (Å²) in [5, 5.41) is 1.80. The largest absolute Gasteiger partial charge is 0.490 e. The Morgan fingerprint density at radius 1 is 1.00 bits per heavy atom. The SMILES string of the molecule is CCOc1cc(/C=C2/SC(=O)N([C@H](C)C(=O)OC)C2=O)ccc1OCc1ccc2ccccc2c1. The average Bonchev–Trinajstić information content (AvgIpc) is 3.14. The molecule has 0 aliphatic carbocycles. The Labute approximate surface area is 207 Å². The number of imide groups is 1. The van der Waals surface area contributed by atoms with Crippen molar-refractivity contribution < 1.29 is 28.6 Å². The second-order valence-corrected chi connectivity index (χ2v) is 8.85. The molecule has 0 aromatic heterocycles. The van der Waals surface area contributed by atoms with E-state index in [9.17, 15) is 14.4 Å². The van der Waals surface area contributed by atoms with Gasteiger partial charge in [0.25, 0.3) is 11.1 Å². The van der Waals surface area contributed by atoms with Gasteiger partial charge in [0, 0.05) is 0 Å². The Hall–Kier alpha value is -3.78. The molecular formula is C27H25NO6S. The third kappa shape index (κ3) is 5.33. The van der Waals surface area contributed by atoms with Crippen molar-refractivity contribution in [1.82, 2.24) is 4.90 Å². The number of amides is 2. The Morgan fingerprint density at radius 2 is 1.77 bits per heavy atom. The molecule has 1 fully saturated rings. The van der Waals surface area contributed by atoms with Crippen LogP contribution in [0.5, 0.6) is 11.5 Å². The highest BCUT2D eigenvalue weighted by atomic mass is 32.2. The number of esters is 1. The van der Waals surface area contributed by atoms with Crippen molar-refractivity contribution in [1.29, 1.82) is 0 Å². The smallest absolute Gasteiger partial charge is 0.328 e. The summed E-state index contributed by atoms with van der Waals surface area (Å²) in [6.07, 6.45) is 1.60. The first kappa shape index (κ1) is 24.3.